The Balaban J connectivity index is 1.24. The van der Waals surface area contributed by atoms with Gasteiger partial charge in [-0.1, -0.05) is 44.2 Å². The number of amides is 2. The number of pyridine rings is 1. The first-order chi connectivity index (χ1) is 19.8. The van der Waals surface area contributed by atoms with Crippen LogP contribution in [-0.2, 0) is 22.3 Å². The molecular formula is C29H33F3N6O4. The number of aromatic nitrogens is 4. The van der Waals surface area contributed by atoms with E-state index in [1.807, 2.05) is 20.8 Å². The molecule has 2 amide bonds. The van der Waals surface area contributed by atoms with Gasteiger partial charge < -0.3 is 20.1 Å². The second-order valence-corrected chi connectivity index (χ2v) is 11.9. The molecule has 0 spiro atoms. The maximum atomic E-state index is 13.8. The van der Waals surface area contributed by atoms with E-state index in [2.05, 4.69) is 20.6 Å². The summed E-state index contributed by atoms with van der Waals surface area (Å²) < 4.78 is 46.7. The molecule has 42 heavy (non-hydrogen) atoms. The number of alkyl halides is 3. The van der Waals surface area contributed by atoms with Crippen molar-refractivity contribution in [1.82, 2.24) is 30.2 Å². The number of rotatable bonds is 8. The Kier molecular flexibility index (Phi) is 7.97. The second-order valence-electron chi connectivity index (χ2n) is 11.9. The fourth-order valence-corrected chi connectivity index (χ4v) is 5.11. The highest BCUT2D eigenvalue weighted by atomic mass is 19.4. The van der Waals surface area contributed by atoms with Gasteiger partial charge in [0.15, 0.2) is 0 Å². The number of likely N-dealkylation sites (tertiary alicyclic amines) is 1. The van der Waals surface area contributed by atoms with Crippen molar-refractivity contribution in [3.8, 4) is 11.6 Å². The normalized spacial score (nSPS) is 19.9. The Hall–Kier alpha value is -4.00. The van der Waals surface area contributed by atoms with Crippen LogP contribution in [0.3, 0.4) is 0 Å². The van der Waals surface area contributed by atoms with Crippen LogP contribution in [0.4, 0.5) is 13.2 Å². The topological polar surface area (TPSA) is 122 Å². The molecule has 1 aliphatic heterocycles. The summed E-state index contributed by atoms with van der Waals surface area (Å²) in [4.78, 5) is 32.5. The van der Waals surface area contributed by atoms with Gasteiger partial charge in [-0.3, -0.25) is 9.59 Å². The molecule has 224 valence electrons. The molecule has 1 saturated heterocycles. The average Bonchev–Trinajstić information content (AvgIpc) is 3.53. The number of benzene rings is 1. The lowest BCUT2D eigenvalue weighted by Gasteiger charge is -2.34. The van der Waals surface area contributed by atoms with Crippen LogP contribution in [0.1, 0.15) is 68.8 Å². The molecule has 1 aliphatic carbocycles. The van der Waals surface area contributed by atoms with E-state index in [0.29, 0.717) is 11.5 Å². The summed E-state index contributed by atoms with van der Waals surface area (Å²) in [5.74, 6) is -0.805. The van der Waals surface area contributed by atoms with Gasteiger partial charge in [-0.2, -0.15) is 13.2 Å². The minimum Gasteiger partial charge on any atom is -0.438 e. The average molecular weight is 587 g/mol. The molecule has 1 saturated carbocycles. The molecule has 13 heteroatoms. The Bertz CT molecular complexity index is 1430. The van der Waals surface area contributed by atoms with Crippen molar-refractivity contribution in [3.05, 3.63) is 65.6 Å². The number of aliphatic hydroxyl groups excluding tert-OH is 1. The number of ether oxygens (including phenoxy) is 1. The Morgan fingerprint density at radius 2 is 1.88 bits per heavy atom. The third-order valence-corrected chi connectivity index (χ3v) is 7.38. The van der Waals surface area contributed by atoms with Crippen molar-refractivity contribution in [2.75, 3.05) is 6.54 Å². The van der Waals surface area contributed by atoms with Crippen LogP contribution < -0.4 is 10.1 Å². The van der Waals surface area contributed by atoms with Crippen LogP contribution in [0.15, 0.2) is 48.8 Å². The highest BCUT2D eigenvalue weighted by molar-refractivity contribution is 5.90. The number of nitrogens with zero attached hydrogens (tertiary/aromatic N) is 5. The zero-order valence-corrected chi connectivity index (χ0v) is 23.5. The number of para-hydroxylation sites is 1. The highest BCUT2D eigenvalue weighted by Crippen LogP contribution is 2.40. The third kappa shape index (κ3) is 6.56. The van der Waals surface area contributed by atoms with Crippen molar-refractivity contribution in [2.24, 2.45) is 5.41 Å². The molecule has 5 rings (SSSR count). The van der Waals surface area contributed by atoms with Crippen LogP contribution in [-0.4, -0.2) is 60.5 Å². The molecule has 2 fully saturated rings. The largest absolute Gasteiger partial charge is 0.438 e. The van der Waals surface area contributed by atoms with Crippen molar-refractivity contribution in [1.29, 1.82) is 0 Å². The van der Waals surface area contributed by atoms with E-state index in [4.69, 9.17) is 4.74 Å². The molecule has 2 unspecified atom stereocenters. The number of carbonyl (C=O) groups excluding carboxylic acids is 2. The van der Waals surface area contributed by atoms with Gasteiger partial charge in [0.05, 0.1) is 17.4 Å². The second kappa shape index (κ2) is 11.3. The molecule has 2 N–H and O–H groups in total. The number of carbonyl (C=O) groups is 2. The molecule has 0 radical (unpaired) electrons. The summed E-state index contributed by atoms with van der Waals surface area (Å²) in [5, 5.41) is 21.7. The molecule has 3 atom stereocenters. The van der Waals surface area contributed by atoms with Crippen molar-refractivity contribution < 1.29 is 32.6 Å². The number of halogens is 3. The highest BCUT2D eigenvalue weighted by Gasteiger charge is 2.45. The molecule has 2 aliphatic rings. The molecule has 10 nitrogen and oxygen atoms in total. The van der Waals surface area contributed by atoms with Gasteiger partial charge in [0.2, 0.25) is 17.7 Å². The van der Waals surface area contributed by atoms with E-state index < -0.39 is 41.2 Å². The molecule has 0 bridgehead atoms. The summed E-state index contributed by atoms with van der Waals surface area (Å²) in [5.41, 5.74) is -0.0423. The first-order valence-corrected chi connectivity index (χ1v) is 13.8. The minimum absolute atomic E-state index is 0.0146. The Labute approximate surface area is 240 Å². The number of aliphatic hydroxyl groups is 1. The minimum atomic E-state index is -4.58. The standard InChI is InChI=1S/C29H33F3N6O4/c1-28(2,3)25(38-16-21(35-36-38)18-9-10-18)27(41)37-15-19(39)12-22(37)26(40)34-14-17-8-11-24(33-13-17)42-23-7-5-4-6-20(23)29(30,31)32/h4-8,11,13,16,18-19,22,25,39H,9-10,12,14-15H2,1-3H3,(H,34,40)/t19?,22?,25-/m1/s1. The third-order valence-electron chi connectivity index (χ3n) is 7.38. The van der Waals surface area contributed by atoms with Crippen LogP contribution in [0.25, 0.3) is 0 Å². The molecule has 3 aromatic rings. The van der Waals surface area contributed by atoms with Crippen LogP contribution in [0.2, 0.25) is 0 Å². The van der Waals surface area contributed by atoms with Gasteiger partial charge in [0, 0.05) is 43.9 Å². The summed E-state index contributed by atoms with van der Waals surface area (Å²) in [6.45, 7) is 5.81. The van der Waals surface area contributed by atoms with Gasteiger partial charge in [-0.15, -0.1) is 5.10 Å². The van der Waals surface area contributed by atoms with E-state index in [1.54, 1.807) is 16.9 Å². The molecule has 1 aromatic carbocycles. The fraction of sp³-hybridized carbons (Fsp3) is 0.483. The van der Waals surface area contributed by atoms with Crippen molar-refractivity contribution in [3.63, 3.8) is 0 Å². The zero-order valence-electron chi connectivity index (χ0n) is 23.5. The van der Waals surface area contributed by atoms with Gasteiger partial charge >= 0.3 is 6.18 Å². The number of hydrogen-bond acceptors (Lipinski definition) is 7. The molecule has 3 heterocycles. The first kappa shape index (κ1) is 29.5. The van der Waals surface area contributed by atoms with E-state index in [1.165, 1.54) is 35.4 Å². The number of β-amino-alcohol motifs (C(OH)–C–C–N with tert-alkyl or cyclic N) is 1. The van der Waals surface area contributed by atoms with Gasteiger partial charge in [-0.05, 0) is 36.0 Å². The maximum absolute atomic E-state index is 13.8. The molecular weight excluding hydrogens is 553 g/mol. The summed E-state index contributed by atoms with van der Waals surface area (Å²) >= 11 is 0. The van der Waals surface area contributed by atoms with Crippen LogP contribution >= 0.6 is 0 Å². The van der Waals surface area contributed by atoms with E-state index in [9.17, 15) is 27.9 Å². The zero-order chi connectivity index (χ0) is 30.2. The van der Waals surface area contributed by atoms with E-state index >= 15 is 0 Å². The fourth-order valence-electron chi connectivity index (χ4n) is 5.11. The van der Waals surface area contributed by atoms with Gasteiger partial charge in [0.25, 0.3) is 0 Å². The lowest BCUT2D eigenvalue weighted by molar-refractivity contribution is -0.144. The van der Waals surface area contributed by atoms with E-state index in [0.717, 1.165) is 24.6 Å². The lowest BCUT2D eigenvalue weighted by atomic mass is 9.85. The Morgan fingerprint density at radius 1 is 1.14 bits per heavy atom. The summed E-state index contributed by atoms with van der Waals surface area (Å²) in [6.07, 6.45) is -0.0738. The van der Waals surface area contributed by atoms with Gasteiger partial charge in [0.1, 0.15) is 17.8 Å². The quantitative estimate of drug-likeness (QED) is 0.405. The SMILES string of the molecule is CC(C)(C)[C@@H](C(=O)N1CC(O)CC1C(=O)NCc1ccc(Oc2ccccc2C(F)(F)F)nc1)n1cc(C2CC2)nn1. The van der Waals surface area contributed by atoms with Crippen molar-refractivity contribution >= 4 is 11.8 Å². The number of nitrogens with one attached hydrogen (secondary N) is 1. The first-order valence-electron chi connectivity index (χ1n) is 13.8. The predicted molar refractivity (Wildman–Crippen MR) is 144 cm³/mol. The number of hydrogen-bond donors (Lipinski definition) is 2. The van der Waals surface area contributed by atoms with E-state index in [-0.39, 0.29) is 37.0 Å². The lowest BCUT2D eigenvalue weighted by Crippen LogP contribution is -2.50. The van der Waals surface area contributed by atoms with Gasteiger partial charge in [-0.25, -0.2) is 9.67 Å². The van der Waals surface area contributed by atoms with Crippen LogP contribution in [0, 0.1) is 5.41 Å². The monoisotopic (exact) mass is 586 g/mol. The smallest absolute Gasteiger partial charge is 0.419 e. The summed E-state index contributed by atoms with van der Waals surface area (Å²) in [6, 6.07) is 6.21. The molecule has 2 aromatic heterocycles. The summed E-state index contributed by atoms with van der Waals surface area (Å²) in [7, 11) is 0. The van der Waals surface area contributed by atoms with Crippen molar-refractivity contribution in [2.45, 2.75) is 76.9 Å². The maximum Gasteiger partial charge on any atom is 0.419 e. The predicted octanol–water partition coefficient (Wildman–Crippen LogP) is 4.23. The Morgan fingerprint density at radius 3 is 2.52 bits per heavy atom. The van der Waals surface area contributed by atoms with Crippen LogP contribution in [0.5, 0.6) is 11.6 Å².